The zero-order chi connectivity index (χ0) is 20.5. The van der Waals surface area contributed by atoms with E-state index in [2.05, 4.69) is 15.5 Å². The van der Waals surface area contributed by atoms with Crippen LogP contribution in [0.3, 0.4) is 0 Å². The highest BCUT2D eigenvalue weighted by Crippen LogP contribution is 2.29. The van der Waals surface area contributed by atoms with Gasteiger partial charge in [0.15, 0.2) is 0 Å². The Bertz CT molecular complexity index is 854. The third-order valence-electron chi connectivity index (χ3n) is 4.74. The number of hydrogen-bond acceptors (Lipinski definition) is 6. The van der Waals surface area contributed by atoms with Gasteiger partial charge in [-0.1, -0.05) is 32.1 Å². The van der Waals surface area contributed by atoms with Crippen molar-refractivity contribution in [1.82, 2.24) is 15.1 Å². The van der Waals surface area contributed by atoms with Crippen molar-refractivity contribution < 1.29 is 9.59 Å². The molecule has 1 N–H and O–H groups in total. The van der Waals surface area contributed by atoms with Gasteiger partial charge >= 0.3 is 0 Å². The van der Waals surface area contributed by atoms with E-state index in [1.165, 1.54) is 11.3 Å². The van der Waals surface area contributed by atoms with Crippen molar-refractivity contribution >= 4 is 34.0 Å². The van der Waals surface area contributed by atoms with Crippen LogP contribution in [0, 0.1) is 5.41 Å². The van der Waals surface area contributed by atoms with Gasteiger partial charge in [-0.05, 0) is 37.1 Å². The van der Waals surface area contributed by atoms with Gasteiger partial charge in [-0.2, -0.15) is 0 Å². The summed E-state index contributed by atoms with van der Waals surface area (Å²) in [6, 6.07) is 7.57. The summed E-state index contributed by atoms with van der Waals surface area (Å²) in [7, 11) is 3.98. The predicted molar refractivity (Wildman–Crippen MR) is 112 cm³/mol. The summed E-state index contributed by atoms with van der Waals surface area (Å²) in [5.41, 5.74) is 1.55. The van der Waals surface area contributed by atoms with Crippen LogP contribution in [0.4, 0.5) is 10.8 Å². The van der Waals surface area contributed by atoms with Crippen LogP contribution in [0.1, 0.15) is 33.6 Å². The van der Waals surface area contributed by atoms with Gasteiger partial charge in [0, 0.05) is 37.3 Å². The van der Waals surface area contributed by atoms with Crippen molar-refractivity contribution in [3.8, 4) is 10.6 Å². The summed E-state index contributed by atoms with van der Waals surface area (Å²) in [6.07, 6.45) is 1.50. The first-order valence-electron chi connectivity index (χ1n) is 9.40. The van der Waals surface area contributed by atoms with Crippen molar-refractivity contribution in [1.29, 1.82) is 0 Å². The molecule has 8 heteroatoms. The van der Waals surface area contributed by atoms with E-state index >= 15 is 0 Å². The topological polar surface area (TPSA) is 78.4 Å². The molecule has 0 aliphatic carbocycles. The highest BCUT2D eigenvalue weighted by atomic mass is 32.1. The lowest BCUT2D eigenvalue weighted by atomic mass is 9.94. The summed E-state index contributed by atoms with van der Waals surface area (Å²) in [5, 5.41) is 12.3. The number of rotatable bonds is 4. The zero-order valence-corrected chi connectivity index (χ0v) is 17.8. The normalized spacial score (nSPS) is 16.9. The fraction of sp³-hybridized carbons (Fsp3) is 0.500. The molecule has 1 atom stereocenters. The van der Waals surface area contributed by atoms with E-state index in [-0.39, 0.29) is 11.8 Å². The molecule has 7 nitrogen and oxygen atoms in total. The van der Waals surface area contributed by atoms with Crippen molar-refractivity contribution in [3.63, 3.8) is 0 Å². The Hall–Kier alpha value is -2.48. The number of nitrogens with one attached hydrogen (secondary N) is 1. The van der Waals surface area contributed by atoms with E-state index in [0.717, 1.165) is 22.7 Å². The maximum Gasteiger partial charge on any atom is 0.249 e. The number of carbonyl (C=O) groups is 2. The van der Waals surface area contributed by atoms with E-state index in [4.69, 9.17) is 0 Å². The smallest absolute Gasteiger partial charge is 0.249 e. The summed E-state index contributed by atoms with van der Waals surface area (Å²) in [5.74, 6) is -0.190. The van der Waals surface area contributed by atoms with Gasteiger partial charge in [0.05, 0.1) is 0 Å². The Balaban J connectivity index is 1.69. The van der Waals surface area contributed by atoms with Crippen LogP contribution in [0.15, 0.2) is 24.3 Å². The molecule has 0 saturated carbocycles. The summed E-state index contributed by atoms with van der Waals surface area (Å²) in [6.45, 7) is 6.25. The minimum atomic E-state index is -0.502. The van der Waals surface area contributed by atoms with Gasteiger partial charge in [0.1, 0.15) is 11.0 Å². The number of nitrogens with zero attached hydrogens (tertiary/aromatic N) is 4. The van der Waals surface area contributed by atoms with Gasteiger partial charge in [-0.15, -0.1) is 10.2 Å². The first-order valence-corrected chi connectivity index (χ1v) is 10.2. The minimum Gasteiger partial charge on any atom is -0.378 e. The average Bonchev–Trinajstić information content (AvgIpc) is 3.29. The molecule has 1 aromatic heterocycles. The van der Waals surface area contributed by atoms with Crippen molar-refractivity contribution in [2.75, 3.05) is 30.9 Å². The summed E-state index contributed by atoms with van der Waals surface area (Å²) >= 11 is 1.33. The van der Waals surface area contributed by atoms with Crippen LogP contribution in [-0.4, -0.2) is 53.6 Å². The number of amides is 2. The number of aromatic nitrogens is 2. The van der Waals surface area contributed by atoms with E-state index < -0.39 is 11.5 Å². The molecule has 0 bridgehead atoms. The molecule has 1 saturated heterocycles. The molecule has 0 radical (unpaired) electrons. The predicted octanol–water partition coefficient (Wildman–Crippen LogP) is 3.25. The van der Waals surface area contributed by atoms with E-state index in [1.807, 2.05) is 64.0 Å². The summed E-state index contributed by atoms with van der Waals surface area (Å²) < 4.78 is 0. The number of anilines is 2. The second-order valence-electron chi connectivity index (χ2n) is 8.25. The third kappa shape index (κ3) is 4.32. The lowest BCUT2D eigenvalue weighted by molar-refractivity contribution is -0.143. The first-order chi connectivity index (χ1) is 13.2. The van der Waals surface area contributed by atoms with Crippen molar-refractivity contribution in [3.05, 3.63) is 24.3 Å². The highest BCUT2D eigenvalue weighted by molar-refractivity contribution is 7.18. The van der Waals surface area contributed by atoms with Gasteiger partial charge < -0.3 is 9.80 Å². The quantitative estimate of drug-likeness (QED) is 0.851. The molecule has 150 valence electrons. The molecule has 2 amide bonds. The number of benzene rings is 1. The molecular formula is C20H27N5O2S. The molecule has 1 aliphatic heterocycles. The number of hydrogen-bond donors (Lipinski definition) is 1. The third-order valence-corrected chi connectivity index (χ3v) is 5.63. The minimum absolute atomic E-state index is 0.00378. The Labute approximate surface area is 169 Å². The van der Waals surface area contributed by atoms with Gasteiger partial charge in [-0.3, -0.25) is 14.9 Å². The zero-order valence-electron chi connectivity index (χ0n) is 17.0. The molecular weight excluding hydrogens is 374 g/mol. The first kappa shape index (κ1) is 20.3. The second kappa shape index (κ2) is 7.87. The Morgan fingerprint density at radius 3 is 2.46 bits per heavy atom. The summed E-state index contributed by atoms with van der Waals surface area (Å²) in [4.78, 5) is 29.1. The molecule has 28 heavy (non-hydrogen) atoms. The van der Waals surface area contributed by atoms with Crippen LogP contribution in [0.25, 0.3) is 10.6 Å². The molecule has 3 rings (SSSR count). The molecule has 1 unspecified atom stereocenters. The largest absolute Gasteiger partial charge is 0.378 e. The van der Waals surface area contributed by atoms with E-state index in [9.17, 15) is 9.59 Å². The lowest BCUT2D eigenvalue weighted by Gasteiger charge is -2.29. The van der Waals surface area contributed by atoms with Crippen LogP contribution in [0.5, 0.6) is 0 Å². The Morgan fingerprint density at radius 2 is 1.86 bits per heavy atom. The maximum atomic E-state index is 12.8. The molecule has 1 fully saturated rings. The fourth-order valence-corrected chi connectivity index (χ4v) is 3.95. The van der Waals surface area contributed by atoms with Gasteiger partial charge in [0.2, 0.25) is 16.9 Å². The monoisotopic (exact) mass is 401 g/mol. The molecule has 1 aromatic carbocycles. The maximum absolute atomic E-state index is 12.8. The highest BCUT2D eigenvalue weighted by Gasteiger charge is 2.38. The Morgan fingerprint density at radius 1 is 1.18 bits per heavy atom. The van der Waals surface area contributed by atoms with Crippen molar-refractivity contribution in [2.24, 2.45) is 5.41 Å². The van der Waals surface area contributed by atoms with Crippen LogP contribution >= 0.6 is 11.3 Å². The molecule has 0 spiro atoms. The van der Waals surface area contributed by atoms with E-state index in [0.29, 0.717) is 18.1 Å². The lowest BCUT2D eigenvalue weighted by Crippen LogP contribution is -2.47. The number of carbonyl (C=O) groups excluding carboxylic acids is 2. The van der Waals surface area contributed by atoms with Crippen LogP contribution in [0.2, 0.25) is 0 Å². The standard InChI is InChI=1S/C20H27N5O2S/c1-20(2,3)18(27)25-12-6-7-15(25)16(26)21-19-23-22-17(28-19)13-8-10-14(11-9-13)24(4)5/h8-11,15H,6-7,12H2,1-5H3,(H,21,23,26). The second-order valence-corrected chi connectivity index (χ2v) is 9.23. The average molecular weight is 402 g/mol. The SMILES string of the molecule is CN(C)c1ccc(-c2nnc(NC(=O)C3CCCN3C(=O)C(C)(C)C)s2)cc1. The molecule has 2 heterocycles. The van der Waals surface area contributed by atoms with Crippen molar-refractivity contribution in [2.45, 2.75) is 39.7 Å². The van der Waals surface area contributed by atoms with Gasteiger partial charge in [-0.25, -0.2) is 0 Å². The van der Waals surface area contributed by atoms with E-state index in [1.54, 1.807) is 4.90 Å². The number of likely N-dealkylation sites (tertiary alicyclic amines) is 1. The molecule has 2 aromatic rings. The Kier molecular flexibility index (Phi) is 5.69. The molecule has 1 aliphatic rings. The van der Waals surface area contributed by atoms with Crippen LogP contribution in [-0.2, 0) is 9.59 Å². The van der Waals surface area contributed by atoms with Crippen LogP contribution < -0.4 is 10.2 Å². The van der Waals surface area contributed by atoms with Gasteiger partial charge in [0.25, 0.3) is 0 Å². The fourth-order valence-electron chi connectivity index (χ4n) is 3.19.